The summed E-state index contributed by atoms with van der Waals surface area (Å²) in [6, 6.07) is 0. The van der Waals surface area contributed by atoms with Gasteiger partial charge >= 0.3 is 0 Å². The van der Waals surface area contributed by atoms with Crippen LogP contribution in [0.15, 0.2) is 0 Å². The second kappa shape index (κ2) is 5.95. The fourth-order valence-corrected chi connectivity index (χ4v) is 2.18. The molecule has 0 unspecified atom stereocenters. The summed E-state index contributed by atoms with van der Waals surface area (Å²) >= 11 is 0. The predicted octanol–water partition coefficient (Wildman–Crippen LogP) is 2.67. The molecule has 5 heteroatoms. The average Bonchev–Trinajstić information content (AvgIpc) is 3.18. The zero-order valence-corrected chi connectivity index (χ0v) is 13.0. The van der Waals surface area contributed by atoms with E-state index in [2.05, 4.69) is 36.4 Å². The zero-order valence-electron chi connectivity index (χ0n) is 13.0. The second-order valence-electron chi connectivity index (χ2n) is 6.19. The number of aliphatic hydroxyl groups excluding tert-OH is 1. The molecule has 1 aromatic rings. The maximum atomic E-state index is 9.16. The Hall–Kier alpha value is -1.36. The van der Waals surface area contributed by atoms with Crippen LogP contribution in [0.4, 0.5) is 11.6 Å². The maximum absolute atomic E-state index is 9.16. The molecule has 0 radical (unpaired) electrons. The van der Waals surface area contributed by atoms with Crippen molar-refractivity contribution in [3.63, 3.8) is 0 Å². The molecule has 1 aliphatic carbocycles. The van der Waals surface area contributed by atoms with Gasteiger partial charge in [-0.3, -0.25) is 0 Å². The van der Waals surface area contributed by atoms with Crippen LogP contribution in [-0.2, 0) is 0 Å². The summed E-state index contributed by atoms with van der Waals surface area (Å²) in [5.74, 6) is 3.27. The van der Waals surface area contributed by atoms with Crippen LogP contribution in [0.25, 0.3) is 0 Å². The first-order valence-corrected chi connectivity index (χ1v) is 7.48. The summed E-state index contributed by atoms with van der Waals surface area (Å²) in [5, 5.41) is 15.9. The summed E-state index contributed by atoms with van der Waals surface area (Å²) < 4.78 is 0. The molecule has 0 amide bonds. The highest BCUT2D eigenvalue weighted by molar-refractivity contribution is 5.58. The van der Waals surface area contributed by atoms with Crippen molar-refractivity contribution < 1.29 is 5.11 Å². The van der Waals surface area contributed by atoms with E-state index in [1.807, 2.05) is 6.92 Å². The minimum absolute atomic E-state index is 0.166. The highest BCUT2D eigenvalue weighted by atomic mass is 16.3. The molecule has 0 atom stereocenters. The number of hydrogen-bond donors (Lipinski definition) is 3. The molecule has 1 heterocycles. The number of aromatic nitrogens is 2. The van der Waals surface area contributed by atoms with Crippen molar-refractivity contribution in [3.8, 4) is 0 Å². The van der Waals surface area contributed by atoms with E-state index < -0.39 is 0 Å². The van der Waals surface area contributed by atoms with E-state index in [1.54, 1.807) is 0 Å². The van der Waals surface area contributed by atoms with E-state index >= 15 is 0 Å². The molecule has 0 spiro atoms. The Balaban J connectivity index is 2.30. The maximum Gasteiger partial charge on any atom is 0.136 e. The van der Waals surface area contributed by atoms with E-state index in [-0.39, 0.29) is 12.1 Å². The number of rotatable bonds is 7. The molecule has 1 aliphatic rings. The van der Waals surface area contributed by atoms with Crippen molar-refractivity contribution >= 4 is 11.6 Å². The molecule has 0 aromatic carbocycles. The molecule has 1 fully saturated rings. The zero-order chi connectivity index (χ0) is 14.8. The lowest BCUT2D eigenvalue weighted by Gasteiger charge is -2.27. The Morgan fingerprint density at radius 3 is 2.45 bits per heavy atom. The van der Waals surface area contributed by atoms with Crippen LogP contribution in [0.1, 0.15) is 57.3 Å². The van der Waals surface area contributed by atoms with E-state index in [9.17, 15) is 0 Å². The molecule has 2 rings (SSSR count). The summed E-state index contributed by atoms with van der Waals surface area (Å²) in [5.41, 5.74) is 0.861. The third-order valence-electron chi connectivity index (χ3n) is 3.64. The van der Waals surface area contributed by atoms with Crippen LogP contribution in [0, 0.1) is 6.92 Å². The molecule has 112 valence electrons. The molecule has 1 aromatic heterocycles. The number of nitrogens with one attached hydrogen (secondary N) is 2. The van der Waals surface area contributed by atoms with Gasteiger partial charge in [0.1, 0.15) is 17.5 Å². The SMILES string of the molecule is CCNc1nc(C2CC2)nc(NC(C)(C)CCO)c1C. The van der Waals surface area contributed by atoms with Gasteiger partial charge < -0.3 is 15.7 Å². The number of aliphatic hydroxyl groups is 1. The van der Waals surface area contributed by atoms with Crippen LogP contribution in [0.2, 0.25) is 0 Å². The van der Waals surface area contributed by atoms with Gasteiger partial charge in [0, 0.05) is 30.2 Å². The van der Waals surface area contributed by atoms with Crippen LogP contribution in [0.3, 0.4) is 0 Å². The number of anilines is 2. The van der Waals surface area contributed by atoms with Gasteiger partial charge in [-0.1, -0.05) is 0 Å². The molecule has 1 saturated carbocycles. The quantitative estimate of drug-likeness (QED) is 0.715. The van der Waals surface area contributed by atoms with Crippen LogP contribution in [0.5, 0.6) is 0 Å². The lowest BCUT2D eigenvalue weighted by atomic mass is 10.0. The van der Waals surface area contributed by atoms with E-state index in [0.717, 1.165) is 29.6 Å². The Kier molecular flexibility index (Phi) is 4.48. The molecule has 0 bridgehead atoms. The summed E-state index contributed by atoms with van der Waals surface area (Å²) in [6.45, 7) is 9.28. The highest BCUT2D eigenvalue weighted by Crippen LogP contribution is 2.39. The highest BCUT2D eigenvalue weighted by Gasteiger charge is 2.29. The average molecular weight is 278 g/mol. The Morgan fingerprint density at radius 2 is 1.90 bits per heavy atom. The van der Waals surface area contributed by atoms with Crippen molar-refractivity contribution in [2.24, 2.45) is 0 Å². The lowest BCUT2D eigenvalue weighted by Crippen LogP contribution is -2.33. The smallest absolute Gasteiger partial charge is 0.136 e. The molecule has 3 N–H and O–H groups in total. The van der Waals surface area contributed by atoms with Crippen molar-refractivity contribution in [1.29, 1.82) is 0 Å². The van der Waals surface area contributed by atoms with Crippen LogP contribution in [-0.4, -0.2) is 33.8 Å². The largest absolute Gasteiger partial charge is 0.396 e. The fraction of sp³-hybridized carbons (Fsp3) is 0.733. The molecule has 0 saturated heterocycles. The Morgan fingerprint density at radius 1 is 1.25 bits per heavy atom. The van der Waals surface area contributed by atoms with Crippen molar-refractivity contribution in [2.75, 3.05) is 23.8 Å². The first-order valence-electron chi connectivity index (χ1n) is 7.48. The summed E-state index contributed by atoms with van der Waals surface area (Å²) in [7, 11) is 0. The van der Waals surface area contributed by atoms with Gasteiger partial charge in [0.05, 0.1) is 0 Å². The van der Waals surface area contributed by atoms with Crippen molar-refractivity contribution in [2.45, 2.75) is 58.4 Å². The minimum Gasteiger partial charge on any atom is -0.396 e. The van der Waals surface area contributed by atoms with Gasteiger partial charge in [0.2, 0.25) is 0 Å². The first kappa shape index (κ1) is 15.0. The lowest BCUT2D eigenvalue weighted by molar-refractivity contribution is 0.260. The number of nitrogens with zero attached hydrogens (tertiary/aromatic N) is 2. The van der Waals surface area contributed by atoms with Crippen molar-refractivity contribution in [3.05, 3.63) is 11.4 Å². The fourth-order valence-electron chi connectivity index (χ4n) is 2.18. The molecule has 0 aliphatic heterocycles. The van der Waals surface area contributed by atoms with Crippen LogP contribution >= 0.6 is 0 Å². The van der Waals surface area contributed by atoms with Gasteiger partial charge in [-0.05, 0) is 47.0 Å². The van der Waals surface area contributed by atoms with E-state index in [4.69, 9.17) is 10.1 Å². The molecule has 5 nitrogen and oxygen atoms in total. The van der Waals surface area contributed by atoms with Crippen molar-refractivity contribution in [1.82, 2.24) is 9.97 Å². The van der Waals surface area contributed by atoms with E-state index in [0.29, 0.717) is 12.3 Å². The van der Waals surface area contributed by atoms with Gasteiger partial charge in [-0.25, -0.2) is 9.97 Å². The summed E-state index contributed by atoms with van der Waals surface area (Å²) in [6.07, 6.45) is 3.06. The number of hydrogen-bond acceptors (Lipinski definition) is 5. The monoisotopic (exact) mass is 278 g/mol. The Labute approximate surface area is 121 Å². The minimum atomic E-state index is -0.182. The second-order valence-corrected chi connectivity index (χ2v) is 6.19. The topological polar surface area (TPSA) is 70.1 Å². The van der Waals surface area contributed by atoms with Crippen LogP contribution < -0.4 is 10.6 Å². The molecular formula is C15H26N4O. The first-order chi connectivity index (χ1) is 9.46. The molecular weight excluding hydrogens is 252 g/mol. The third-order valence-corrected chi connectivity index (χ3v) is 3.64. The normalized spacial score (nSPS) is 15.2. The molecule has 20 heavy (non-hydrogen) atoms. The third kappa shape index (κ3) is 3.60. The Bertz CT molecular complexity index is 469. The van der Waals surface area contributed by atoms with Gasteiger partial charge in [-0.15, -0.1) is 0 Å². The van der Waals surface area contributed by atoms with Gasteiger partial charge in [0.25, 0.3) is 0 Å². The summed E-state index contributed by atoms with van der Waals surface area (Å²) in [4.78, 5) is 9.35. The predicted molar refractivity (Wildman–Crippen MR) is 82.3 cm³/mol. The standard InChI is InChI=1S/C15H26N4O/c1-5-16-12-10(2)13(19-15(3,4)8-9-20)18-14(17-12)11-6-7-11/h11,20H,5-9H2,1-4H3,(H2,16,17,18,19). The van der Waals surface area contributed by atoms with E-state index in [1.165, 1.54) is 12.8 Å². The van der Waals surface area contributed by atoms with Gasteiger partial charge in [-0.2, -0.15) is 0 Å². The van der Waals surface area contributed by atoms with Gasteiger partial charge in [0.15, 0.2) is 0 Å².